The smallest absolute Gasteiger partial charge is 0.335 e. The molecule has 0 saturated heterocycles. The number of hydrogen-bond acceptors (Lipinski definition) is 3. The zero-order valence-corrected chi connectivity index (χ0v) is 11.5. The number of nitrogens with zero attached hydrogens (tertiary/aromatic N) is 1. The van der Waals surface area contributed by atoms with E-state index in [-0.39, 0.29) is 5.56 Å². The predicted molar refractivity (Wildman–Crippen MR) is 83.2 cm³/mol. The average Bonchev–Trinajstić information content (AvgIpc) is 2.49. The number of anilines is 2. The second kappa shape index (κ2) is 5.25. The Hall–Kier alpha value is -2.88. The zero-order chi connectivity index (χ0) is 14.8. The Labute approximate surface area is 122 Å². The number of aromatic nitrogens is 1. The van der Waals surface area contributed by atoms with Crippen LogP contribution in [0.15, 0.2) is 54.9 Å². The first-order valence-corrected chi connectivity index (χ1v) is 6.59. The Bertz CT molecular complexity index is 823. The molecule has 1 heterocycles. The summed E-state index contributed by atoms with van der Waals surface area (Å²) in [4.78, 5) is 15.1. The van der Waals surface area contributed by atoms with Crippen molar-refractivity contribution in [3.8, 4) is 0 Å². The highest BCUT2D eigenvalue weighted by molar-refractivity contribution is 5.95. The van der Waals surface area contributed by atoms with E-state index in [4.69, 9.17) is 5.11 Å². The number of hydrogen-bond donors (Lipinski definition) is 2. The first-order valence-electron chi connectivity index (χ1n) is 6.59. The van der Waals surface area contributed by atoms with E-state index in [9.17, 15) is 4.79 Å². The lowest BCUT2D eigenvalue weighted by Crippen LogP contribution is -1.99. The molecule has 0 fully saturated rings. The number of carboxylic acid groups (broad SMARTS) is 1. The van der Waals surface area contributed by atoms with Crippen LogP contribution in [0.5, 0.6) is 0 Å². The highest BCUT2D eigenvalue weighted by atomic mass is 16.4. The standard InChI is InChI=1S/C17H14N2O2/c1-11-9-13(17(20)21)5-6-15(11)19-16-4-2-3-12-7-8-18-10-14(12)16/h2-10,19H,1H3,(H,20,21). The van der Waals surface area contributed by atoms with Gasteiger partial charge in [-0.1, -0.05) is 12.1 Å². The molecule has 4 nitrogen and oxygen atoms in total. The van der Waals surface area contributed by atoms with Gasteiger partial charge in [0.05, 0.1) is 5.56 Å². The minimum absolute atomic E-state index is 0.289. The van der Waals surface area contributed by atoms with E-state index < -0.39 is 5.97 Å². The maximum absolute atomic E-state index is 11.0. The van der Waals surface area contributed by atoms with Gasteiger partial charge in [0.2, 0.25) is 0 Å². The van der Waals surface area contributed by atoms with E-state index in [1.165, 1.54) is 0 Å². The van der Waals surface area contributed by atoms with Crippen LogP contribution < -0.4 is 5.32 Å². The van der Waals surface area contributed by atoms with Crippen molar-refractivity contribution in [2.45, 2.75) is 6.92 Å². The quantitative estimate of drug-likeness (QED) is 0.760. The minimum Gasteiger partial charge on any atom is -0.478 e. The van der Waals surface area contributed by atoms with Gasteiger partial charge in [-0.15, -0.1) is 0 Å². The topological polar surface area (TPSA) is 62.2 Å². The fourth-order valence-electron chi connectivity index (χ4n) is 2.30. The van der Waals surface area contributed by atoms with Gasteiger partial charge in [-0.25, -0.2) is 4.79 Å². The number of benzene rings is 2. The monoisotopic (exact) mass is 278 g/mol. The highest BCUT2D eigenvalue weighted by Gasteiger charge is 2.07. The van der Waals surface area contributed by atoms with Gasteiger partial charge in [0.1, 0.15) is 0 Å². The fraction of sp³-hybridized carbons (Fsp3) is 0.0588. The first-order chi connectivity index (χ1) is 10.1. The minimum atomic E-state index is -0.918. The van der Waals surface area contributed by atoms with Crippen LogP contribution in [0.4, 0.5) is 11.4 Å². The van der Waals surface area contributed by atoms with Crippen LogP contribution in [0.2, 0.25) is 0 Å². The summed E-state index contributed by atoms with van der Waals surface area (Å²) in [5, 5.41) is 14.5. The lowest BCUT2D eigenvalue weighted by atomic mass is 10.1. The molecule has 21 heavy (non-hydrogen) atoms. The van der Waals surface area contributed by atoms with Crippen LogP contribution in [0.25, 0.3) is 10.8 Å². The van der Waals surface area contributed by atoms with Crippen LogP contribution in [0, 0.1) is 6.92 Å². The molecule has 0 bridgehead atoms. The zero-order valence-electron chi connectivity index (χ0n) is 11.5. The molecule has 0 amide bonds. The third-order valence-corrected chi connectivity index (χ3v) is 3.43. The molecule has 0 aliphatic carbocycles. The summed E-state index contributed by atoms with van der Waals surface area (Å²) in [6.07, 6.45) is 3.58. The largest absolute Gasteiger partial charge is 0.478 e. The van der Waals surface area contributed by atoms with Gasteiger partial charge in [0.25, 0.3) is 0 Å². The maximum Gasteiger partial charge on any atom is 0.335 e. The van der Waals surface area contributed by atoms with Crippen LogP contribution in [0.3, 0.4) is 0 Å². The second-order valence-electron chi connectivity index (χ2n) is 4.86. The SMILES string of the molecule is Cc1cc(C(=O)O)ccc1Nc1cccc2ccncc12. The molecule has 0 aliphatic rings. The Balaban J connectivity index is 2.01. The molecule has 0 aliphatic heterocycles. The Kier molecular flexibility index (Phi) is 3.28. The maximum atomic E-state index is 11.0. The summed E-state index contributed by atoms with van der Waals surface area (Å²) < 4.78 is 0. The molecule has 0 spiro atoms. The third kappa shape index (κ3) is 2.56. The van der Waals surface area contributed by atoms with Crippen molar-refractivity contribution in [1.82, 2.24) is 4.98 Å². The summed E-state index contributed by atoms with van der Waals surface area (Å²) in [5.74, 6) is -0.918. The Morgan fingerprint density at radius 3 is 2.76 bits per heavy atom. The lowest BCUT2D eigenvalue weighted by molar-refractivity contribution is 0.0697. The molecule has 2 aromatic carbocycles. The highest BCUT2D eigenvalue weighted by Crippen LogP contribution is 2.27. The molecule has 3 aromatic rings. The normalized spacial score (nSPS) is 10.5. The van der Waals surface area contributed by atoms with Crippen molar-refractivity contribution >= 4 is 28.1 Å². The second-order valence-corrected chi connectivity index (χ2v) is 4.86. The van der Waals surface area contributed by atoms with Crippen molar-refractivity contribution in [3.63, 3.8) is 0 Å². The fourth-order valence-corrected chi connectivity index (χ4v) is 2.30. The molecule has 0 unspecified atom stereocenters. The van der Waals surface area contributed by atoms with Gasteiger partial charge in [-0.05, 0) is 48.2 Å². The van der Waals surface area contributed by atoms with Gasteiger partial charge in [0, 0.05) is 29.2 Å². The number of fused-ring (bicyclic) bond motifs is 1. The number of pyridine rings is 1. The van der Waals surface area contributed by atoms with Crippen molar-refractivity contribution in [2.24, 2.45) is 0 Å². The van der Waals surface area contributed by atoms with Crippen molar-refractivity contribution < 1.29 is 9.90 Å². The number of nitrogens with one attached hydrogen (secondary N) is 1. The van der Waals surface area contributed by atoms with E-state index in [0.717, 1.165) is 27.7 Å². The van der Waals surface area contributed by atoms with Crippen LogP contribution in [-0.4, -0.2) is 16.1 Å². The molecule has 0 atom stereocenters. The van der Waals surface area contributed by atoms with Gasteiger partial charge < -0.3 is 10.4 Å². The molecule has 3 rings (SSSR count). The first kappa shape index (κ1) is 13.1. The predicted octanol–water partition coefficient (Wildman–Crippen LogP) is 3.99. The number of rotatable bonds is 3. The molecule has 4 heteroatoms. The molecule has 0 radical (unpaired) electrons. The summed E-state index contributed by atoms with van der Waals surface area (Å²) in [6.45, 7) is 1.89. The van der Waals surface area contributed by atoms with Gasteiger partial charge in [0.15, 0.2) is 0 Å². The summed E-state index contributed by atoms with van der Waals surface area (Å²) in [5.41, 5.74) is 3.01. The molecule has 1 aromatic heterocycles. The van der Waals surface area contributed by atoms with Gasteiger partial charge in [-0.2, -0.15) is 0 Å². The average molecular weight is 278 g/mol. The molecule has 0 saturated carbocycles. The Morgan fingerprint density at radius 2 is 2.00 bits per heavy atom. The summed E-state index contributed by atoms with van der Waals surface area (Å²) in [7, 11) is 0. The number of carbonyl (C=O) groups is 1. The number of aromatic carboxylic acids is 1. The number of carboxylic acids is 1. The summed E-state index contributed by atoms with van der Waals surface area (Å²) in [6, 6.07) is 13.0. The van der Waals surface area contributed by atoms with Crippen LogP contribution >= 0.6 is 0 Å². The van der Waals surface area contributed by atoms with Crippen LogP contribution in [0.1, 0.15) is 15.9 Å². The Morgan fingerprint density at radius 1 is 1.14 bits per heavy atom. The lowest BCUT2D eigenvalue weighted by Gasteiger charge is -2.12. The number of aryl methyl sites for hydroxylation is 1. The van der Waals surface area contributed by atoms with Crippen molar-refractivity contribution in [2.75, 3.05) is 5.32 Å². The third-order valence-electron chi connectivity index (χ3n) is 3.43. The summed E-state index contributed by atoms with van der Waals surface area (Å²) >= 11 is 0. The van der Waals surface area contributed by atoms with E-state index in [1.54, 1.807) is 24.4 Å². The van der Waals surface area contributed by atoms with Crippen molar-refractivity contribution in [1.29, 1.82) is 0 Å². The molecular weight excluding hydrogens is 264 g/mol. The van der Waals surface area contributed by atoms with Crippen molar-refractivity contribution in [3.05, 3.63) is 66.0 Å². The van der Waals surface area contributed by atoms with E-state index >= 15 is 0 Å². The van der Waals surface area contributed by atoms with Gasteiger partial charge >= 0.3 is 5.97 Å². The van der Waals surface area contributed by atoms with E-state index in [0.29, 0.717) is 0 Å². The van der Waals surface area contributed by atoms with Crippen LogP contribution in [-0.2, 0) is 0 Å². The molecule has 2 N–H and O–H groups in total. The van der Waals surface area contributed by atoms with E-state index in [1.807, 2.05) is 37.4 Å². The van der Waals surface area contributed by atoms with E-state index in [2.05, 4.69) is 10.3 Å². The van der Waals surface area contributed by atoms with Gasteiger partial charge in [-0.3, -0.25) is 4.98 Å². The molecule has 104 valence electrons. The molecular formula is C17H14N2O2.